The van der Waals surface area contributed by atoms with Crippen LogP contribution in [0.1, 0.15) is 47.9 Å². The monoisotopic (exact) mass is 592 g/mol. The van der Waals surface area contributed by atoms with Gasteiger partial charge >= 0.3 is 6.18 Å². The van der Waals surface area contributed by atoms with Gasteiger partial charge in [-0.1, -0.05) is 6.07 Å². The lowest BCUT2D eigenvalue weighted by molar-refractivity contribution is -0.140. The van der Waals surface area contributed by atoms with Gasteiger partial charge in [0, 0.05) is 36.2 Å². The largest absolute Gasteiger partial charge is 0.419 e. The number of halogens is 4. The second-order valence-electron chi connectivity index (χ2n) is 10.3. The first-order valence-corrected chi connectivity index (χ1v) is 14.2. The molecule has 41 heavy (non-hydrogen) atoms. The molecule has 2 aromatic rings. The van der Waals surface area contributed by atoms with Crippen LogP contribution in [-0.2, 0) is 26.8 Å². The number of nitrogens with zero attached hydrogens (tertiary/aromatic N) is 3. The van der Waals surface area contributed by atoms with Gasteiger partial charge in [-0.2, -0.15) is 13.2 Å². The van der Waals surface area contributed by atoms with Gasteiger partial charge in [-0.3, -0.25) is 14.6 Å². The quantitative estimate of drug-likeness (QED) is 0.500. The van der Waals surface area contributed by atoms with Gasteiger partial charge in [-0.25, -0.2) is 12.9 Å². The van der Waals surface area contributed by atoms with Gasteiger partial charge in [0.05, 0.1) is 18.2 Å². The third kappa shape index (κ3) is 5.70. The number of amidine groups is 1. The van der Waals surface area contributed by atoms with Crippen LogP contribution in [0, 0.1) is 12.7 Å². The minimum atomic E-state index is -4.89. The number of carbonyl (C=O) groups is 2. The summed E-state index contributed by atoms with van der Waals surface area (Å²) in [5.74, 6) is -1.95. The maximum atomic E-state index is 13.7. The molecule has 2 atom stereocenters. The summed E-state index contributed by atoms with van der Waals surface area (Å²) in [6, 6.07) is 7.69. The average Bonchev–Trinajstić information content (AvgIpc) is 3.46. The van der Waals surface area contributed by atoms with Gasteiger partial charge in [0.15, 0.2) is 0 Å². The van der Waals surface area contributed by atoms with Crippen molar-refractivity contribution in [2.45, 2.75) is 50.4 Å². The molecule has 0 radical (unpaired) electrons. The molecule has 0 aromatic heterocycles. The van der Waals surface area contributed by atoms with E-state index in [0.29, 0.717) is 30.7 Å². The van der Waals surface area contributed by atoms with Gasteiger partial charge in [0.1, 0.15) is 28.2 Å². The van der Waals surface area contributed by atoms with Crippen LogP contribution in [0.4, 0.5) is 23.2 Å². The van der Waals surface area contributed by atoms with E-state index in [1.54, 1.807) is 21.3 Å². The number of aryl methyl sites for hydroxylation is 1. The SMILES string of the molecule is Cc1cc(N2C(=O)CC[C@H]2CO)ccc1/C=C/S(=O)N1CCC2(CC1)N=C(c1ccc(F)c(C(F)(F)F)c1)NC2=O. The number of aliphatic imine (C=N–C) groups is 1. The second-order valence-corrected chi connectivity index (χ2v) is 11.7. The molecule has 2 N–H and O–H groups in total. The molecular formula is C28H28F4N4O4S. The number of hydrogen-bond acceptors (Lipinski definition) is 5. The summed E-state index contributed by atoms with van der Waals surface area (Å²) in [6.45, 7) is 2.28. The Morgan fingerprint density at radius 2 is 1.90 bits per heavy atom. The van der Waals surface area contributed by atoms with Crippen LogP contribution in [0.3, 0.4) is 0 Å². The number of aliphatic hydroxyl groups excluding tert-OH is 1. The Morgan fingerprint density at radius 3 is 2.56 bits per heavy atom. The lowest BCUT2D eigenvalue weighted by Gasteiger charge is -2.33. The number of nitrogens with one attached hydrogen (secondary N) is 1. The average molecular weight is 593 g/mol. The zero-order valence-corrected chi connectivity index (χ0v) is 22.9. The van der Waals surface area contributed by atoms with Crippen molar-refractivity contribution in [3.8, 4) is 0 Å². The topological polar surface area (TPSA) is 102 Å². The highest BCUT2D eigenvalue weighted by Gasteiger charge is 2.47. The molecule has 2 saturated heterocycles. The van der Waals surface area contributed by atoms with Gasteiger partial charge in [-0.15, -0.1) is 0 Å². The summed E-state index contributed by atoms with van der Waals surface area (Å²) in [4.78, 5) is 31.1. The molecule has 3 aliphatic heterocycles. The van der Waals surface area contributed by atoms with Crippen LogP contribution < -0.4 is 10.2 Å². The smallest absolute Gasteiger partial charge is 0.394 e. The van der Waals surface area contributed by atoms with Crippen LogP contribution in [0.2, 0.25) is 0 Å². The number of alkyl halides is 3. The lowest BCUT2D eigenvalue weighted by Crippen LogP contribution is -2.49. The highest BCUT2D eigenvalue weighted by molar-refractivity contribution is 7.85. The van der Waals surface area contributed by atoms with Gasteiger partial charge < -0.3 is 15.3 Å². The highest BCUT2D eigenvalue weighted by atomic mass is 32.2. The fourth-order valence-electron chi connectivity index (χ4n) is 5.40. The molecule has 2 fully saturated rings. The fourth-order valence-corrected chi connectivity index (χ4v) is 6.38. The van der Waals surface area contributed by atoms with E-state index < -0.39 is 40.0 Å². The van der Waals surface area contributed by atoms with E-state index in [0.717, 1.165) is 17.2 Å². The van der Waals surface area contributed by atoms with Crippen molar-refractivity contribution >= 4 is 40.4 Å². The van der Waals surface area contributed by atoms with E-state index in [2.05, 4.69) is 10.3 Å². The van der Waals surface area contributed by atoms with Crippen LogP contribution >= 0.6 is 0 Å². The molecule has 2 aromatic carbocycles. The molecule has 3 heterocycles. The Hall–Kier alpha value is -3.42. The van der Waals surface area contributed by atoms with E-state index in [1.807, 2.05) is 19.1 Å². The number of aliphatic hydroxyl groups is 1. The molecular weight excluding hydrogens is 564 g/mol. The third-order valence-electron chi connectivity index (χ3n) is 7.76. The first kappa shape index (κ1) is 29.1. The predicted octanol–water partition coefficient (Wildman–Crippen LogP) is 3.69. The summed E-state index contributed by atoms with van der Waals surface area (Å²) >= 11 is 0. The zero-order valence-electron chi connectivity index (χ0n) is 22.1. The number of benzene rings is 2. The van der Waals surface area contributed by atoms with Crippen LogP contribution in [0.5, 0.6) is 0 Å². The van der Waals surface area contributed by atoms with Gasteiger partial charge in [0.2, 0.25) is 5.91 Å². The van der Waals surface area contributed by atoms with Crippen LogP contribution in [-0.4, -0.2) is 62.5 Å². The lowest BCUT2D eigenvalue weighted by atomic mass is 9.89. The molecule has 5 rings (SSSR count). The Bertz CT molecular complexity index is 1470. The maximum Gasteiger partial charge on any atom is 0.419 e. The number of piperidine rings is 1. The Labute approximate surface area is 236 Å². The summed E-state index contributed by atoms with van der Waals surface area (Å²) in [5.41, 5.74) is -0.297. The van der Waals surface area contributed by atoms with E-state index in [4.69, 9.17) is 0 Å². The Morgan fingerprint density at radius 1 is 1.17 bits per heavy atom. The van der Waals surface area contributed by atoms with Crippen molar-refractivity contribution in [3.63, 3.8) is 0 Å². The number of anilines is 1. The molecule has 13 heteroatoms. The first-order valence-electron chi connectivity index (χ1n) is 13.1. The Balaban J connectivity index is 1.24. The summed E-state index contributed by atoms with van der Waals surface area (Å²) in [7, 11) is -1.52. The van der Waals surface area contributed by atoms with E-state index in [-0.39, 0.29) is 55.9 Å². The molecule has 8 nitrogen and oxygen atoms in total. The van der Waals surface area contributed by atoms with Crippen LogP contribution in [0.15, 0.2) is 46.8 Å². The number of amides is 2. The number of rotatable bonds is 6. The van der Waals surface area contributed by atoms with Crippen molar-refractivity contribution < 1.29 is 36.5 Å². The third-order valence-corrected chi connectivity index (χ3v) is 9.00. The number of carbonyl (C=O) groups excluding carboxylic acids is 2. The molecule has 218 valence electrons. The van der Waals surface area contributed by atoms with Crippen LogP contribution in [0.25, 0.3) is 6.08 Å². The molecule has 0 aliphatic carbocycles. The fraction of sp³-hybridized carbons (Fsp3) is 0.393. The van der Waals surface area contributed by atoms with Crippen molar-refractivity contribution in [2.75, 3.05) is 24.6 Å². The van der Waals surface area contributed by atoms with Crippen molar-refractivity contribution in [1.82, 2.24) is 9.62 Å². The van der Waals surface area contributed by atoms with Crippen molar-refractivity contribution in [1.29, 1.82) is 0 Å². The zero-order chi connectivity index (χ0) is 29.5. The van der Waals surface area contributed by atoms with E-state index in [1.165, 1.54) is 5.41 Å². The standard InChI is InChI=1S/C28H28F4N4O4S/c1-17-14-20(36-21(16-37)5-7-24(36)38)4-2-18(17)8-13-41(40)35-11-9-27(10-12-35)26(39)33-25(34-27)19-3-6-23(29)22(15-19)28(30,31)32/h2-4,6,8,13-15,21,37H,5,7,9-12,16H2,1H3,(H,33,34,39)/b13-8+/t21-,41?/m0/s1. The molecule has 0 bridgehead atoms. The minimum absolute atomic E-state index is 0.0353. The predicted molar refractivity (Wildman–Crippen MR) is 146 cm³/mol. The van der Waals surface area contributed by atoms with E-state index in [9.17, 15) is 36.5 Å². The second kappa shape index (κ2) is 11.1. The highest BCUT2D eigenvalue weighted by Crippen LogP contribution is 2.35. The maximum absolute atomic E-state index is 13.7. The van der Waals surface area contributed by atoms with Crippen molar-refractivity contribution in [3.05, 3.63) is 69.9 Å². The minimum Gasteiger partial charge on any atom is -0.394 e. The van der Waals surface area contributed by atoms with Gasteiger partial charge in [-0.05, 0) is 73.7 Å². The molecule has 1 spiro atoms. The van der Waals surface area contributed by atoms with Gasteiger partial charge in [0.25, 0.3) is 5.91 Å². The molecule has 3 aliphatic rings. The Kier molecular flexibility index (Phi) is 7.88. The first-order chi connectivity index (χ1) is 19.4. The molecule has 2 amide bonds. The summed E-state index contributed by atoms with van der Waals surface area (Å²) in [6.07, 6.45) is -1.76. The summed E-state index contributed by atoms with van der Waals surface area (Å²) < 4.78 is 67.8. The molecule has 0 saturated carbocycles. The molecule has 1 unspecified atom stereocenters. The van der Waals surface area contributed by atoms with E-state index >= 15 is 0 Å². The van der Waals surface area contributed by atoms with Crippen molar-refractivity contribution in [2.24, 2.45) is 4.99 Å². The number of hydrogen-bond donors (Lipinski definition) is 2. The summed E-state index contributed by atoms with van der Waals surface area (Å²) in [5, 5.41) is 13.7. The normalized spacial score (nSPS) is 22.0.